The summed E-state index contributed by atoms with van der Waals surface area (Å²) < 4.78 is 20.0. The minimum absolute atomic E-state index is 0.172. The normalized spacial score (nSPS) is 19.3. The average Bonchev–Trinajstić information content (AvgIpc) is 3.12. The van der Waals surface area contributed by atoms with Crippen LogP contribution in [-0.2, 0) is 14.2 Å². The molecule has 0 aromatic carbocycles. The Morgan fingerprint density at radius 3 is 0.836 bits per heavy atom. The molecule has 0 saturated heterocycles. The number of alkyl halides is 2. The number of hydrogen-bond acceptors (Lipinski definition) is 3. The highest BCUT2D eigenvalue weighted by Crippen LogP contribution is 2.32. The van der Waals surface area contributed by atoms with Gasteiger partial charge in [-0.1, -0.05) is 147 Å². The molecule has 0 aliphatic rings. The Balaban J connectivity index is 5.23. The number of rotatable bonds is 44. The van der Waals surface area contributed by atoms with E-state index in [4.69, 9.17) is 37.4 Å². The zero-order valence-electron chi connectivity index (χ0n) is 43.9. The van der Waals surface area contributed by atoms with Crippen LogP contribution in [-0.4, -0.2) is 36.5 Å². The monoisotopic (exact) mass is 903 g/mol. The molecule has 0 heterocycles. The maximum Gasteiger partial charge on any atom is 0.160 e. The van der Waals surface area contributed by atoms with Crippen molar-refractivity contribution in [2.24, 2.45) is 59.2 Å². The first-order chi connectivity index (χ1) is 28.9. The Morgan fingerprint density at radius 1 is 0.295 bits per heavy atom. The highest BCUT2D eigenvalue weighted by molar-refractivity contribution is 6.20. The predicted octanol–water partition coefficient (Wildman–Crippen LogP) is 19.5. The van der Waals surface area contributed by atoms with E-state index in [0.717, 1.165) is 112 Å². The lowest BCUT2D eigenvalue weighted by molar-refractivity contribution is -0.250. The Morgan fingerprint density at radius 2 is 0.557 bits per heavy atom. The van der Waals surface area contributed by atoms with Crippen molar-refractivity contribution in [3.63, 3.8) is 0 Å². The van der Waals surface area contributed by atoms with Gasteiger partial charge in [-0.05, 0) is 176 Å². The van der Waals surface area contributed by atoms with Gasteiger partial charge in [-0.3, -0.25) is 0 Å². The number of ether oxygens (including phenoxy) is 3. The lowest BCUT2D eigenvalue weighted by Gasteiger charge is -2.27. The molecule has 0 radical (unpaired) electrons. The summed E-state index contributed by atoms with van der Waals surface area (Å²) in [4.78, 5) is 0. The lowest BCUT2D eigenvalue weighted by Crippen LogP contribution is -2.28. The van der Waals surface area contributed by atoms with Crippen molar-refractivity contribution in [2.45, 2.75) is 287 Å². The summed E-state index contributed by atoms with van der Waals surface area (Å²) in [5, 5.41) is 0.569. The lowest BCUT2D eigenvalue weighted by atomic mass is 9.82. The maximum absolute atomic E-state index is 6.85. The Labute approximate surface area is 395 Å². The van der Waals surface area contributed by atoms with Gasteiger partial charge < -0.3 is 14.2 Å². The molecule has 0 saturated carbocycles. The predicted molar refractivity (Wildman–Crippen MR) is 274 cm³/mol. The second-order valence-corrected chi connectivity index (χ2v) is 23.9. The topological polar surface area (TPSA) is 27.7 Å². The van der Waals surface area contributed by atoms with Crippen molar-refractivity contribution in [2.75, 3.05) is 13.2 Å². The molecule has 0 fully saturated rings. The van der Waals surface area contributed by atoms with E-state index in [-0.39, 0.29) is 23.3 Å². The van der Waals surface area contributed by atoms with Crippen LogP contribution in [0.1, 0.15) is 264 Å². The molecule has 0 aromatic rings. The summed E-state index contributed by atoms with van der Waals surface area (Å²) in [6.45, 7) is 35.0. The van der Waals surface area contributed by atoms with Crippen LogP contribution in [0, 0.1) is 59.2 Å². The first-order valence-electron chi connectivity index (χ1n) is 27.1. The van der Waals surface area contributed by atoms with Crippen LogP contribution >= 0.6 is 23.2 Å². The second-order valence-electron chi connectivity index (χ2n) is 22.4. The van der Waals surface area contributed by atoms with Crippen molar-refractivity contribution < 1.29 is 14.2 Å². The van der Waals surface area contributed by atoms with E-state index in [1.807, 2.05) is 0 Å². The van der Waals surface area contributed by atoms with Crippen LogP contribution in [0.15, 0.2) is 0 Å². The van der Waals surface area contributed by atoms with Crippen molar-refractivity contribution in [1.29, 1.82) is 0 Å². The molecule has 0 aliphatic heterocycles. The van der Waals surface area contributed by atoms with Gasteiger partial charge in [0.1, 0.15) is 0 Å². The van der Waals surface area contributed by atoms with Crippen molar-refractivity contribution in [1.82, 2.24) is 0 Å². The fraction of sp³-hybridized carbons (Fsp3) is 1.00. The summed E-state index contributed by atoms with van der Waals surface area (Å²) in [7, 11) is 0. The van der Waals surface area contributed by atoms with E-state index in [9.17, 15) is 0 Å². The summed E-state index contributed by atoms with van der Waals surface area (Å²) in [6, 6.07) is 0. The highest BCUT2D eigenvalue weighted by atomic mass is 35.5. The third-order valence-corrected chi connectivity index (χ3v) is 13.9. The van der Waals surface area contributed by atoms with Crippen LogP contribution in [0.2, 0.25) is 0 Å². The van der Waals surface area contributed by atoms with E-state index in [1.54, 1.807) is 0 Å². The van der Waals surface area contributed by atoms with Gasteiger partial charge in [0.05, 0.1) is 0 Å². The molecule has 14 atom stereocenters. The minimum atomic E-state index is -0.172. The van der Waals surface area contributed by atoms with E-state index in [1.165, 1.54) is 116 Å². The standard InChI is InChI=1S/C56H112Cl2O3/c1-15-17-19-21-23-31-59-55(29-25-27-43(3)33-45(5)35-47(7)37-49(9)39-51(11)41-53(13)57)61-56(60-32-24-22-20-18-16-2)30-26-28-44(4)34-46(6)36-48(8)38-50(10)40-52(12)42-54(14)58/h43-56H,15-42H2,1-14H3. The molecule has 0 spiro atoms. The van der Waals surface area contributed by atoms with E-state index in [2.05, 4.69) is 96.9 Å². The second kappa shape index (κ2) is 39.6. The molecular formula is C56H112Cl2O3. The first kappa shape index (κ1) is 61.5. The van der Waals surface area contributed by atoms with Crippen LogP contribution in [0.25, 0.3) is 0 Å². The first-order valence-corrected chi connectivity index (χ1v) is 28.0. The average molecular weight is 904 g/mol. The third-order valence-electron chi connectivity index (χ3n) is 13.6. The van der Waals surface area contributed by atoms with Gasteiger partial charge in [-0.15, -0.1) is 23.2 Å². The molecule has 0 rings (SSSR count). The van der Waals surface area contributed by atoms with E-state index < -0.39 is 0 Å². The molecule has 61 heavy (non-hydrogen) atoms. The van der Waals surface area contributed by atoms with Crippen LogP contribution in [0.3, 0.4) is 0 Å². The van der Waals surface area contributed by atoms with E-state index in [0.29, 0.717) is 11.8 Å². The van der Waals surface area contributed by atoms with Gasteiger partial charge in [0.15, 0.2) is 12.6 Å². The maximum atomic E-state index is 6.85. The molecule has 5 heteroatoms. The zero-order valence-corrected chi connectivity index (χ0v) is 45.4. The Hall–Kier alpha value is 0.460. The molecule has 0 bridgehead atoms. The van der Waals surface area contributed by atoms with Gasteiger partial charge in [0.25, 0.3) is 0 Å². The van der Waals surface area contributed by atoms with Gasteiger partial charge in [0.2, 0.25) is 0 Å². The molecule has 0 amide bonds. The minimum Gasteiger partial charge on any atom is -0.353 e. The van der Waals surface area contributed by atoms with Crippen LogP contribution in [0.5, 0.6) is 0 Å². The van der Waals surface area contributed by atoms with Crippen molar-refractivity contribution in [3.8, 4) is 0 Å². The fourth-order valence-electron chi connectivity index (χ4n) is 11.3. The number of halogens is 2. The van der Waals surface area contributed by atoms with Gasteiger partial charge in [0, 0.05) is 24.0 Å². The third kappa shape index (κ3) is 39.4. The molecule has 368 valence electrons. The molecular weight excluding hydrogens is 792 g/mol. The summed E-state index contributed by atoms with van der Waals surface area (Å²) in [5.41, 5.74) is 0. The van der Waals surface area contributed by atoms with Gasteiger partial charge in [-0.25, -0.2) is 0 Å². The van der Waals surface area contributed by atoms with Crippen LogP contribution < -0.4 is 0 Å². The highest BCUT2D eigenvalue weighted by Gasteiger charge is 2.22. The van der Waals surface area contributed by atoms with Gasteiger partial charge >= 0.3 is 0 Å². The Bertz CT molecular complexity index is 858. The fourth-order valence-corrected chi connectivity index (χ4v) is 11.9. The van der Waals surface area contributed by atoms with Gasteiger partial charge in [-0.2, -0.15) is 0 Å². The number of hydrogen-bond donors (Lipinski definition) is 0. The molecule has 0 aromatic heterocycles. The summed E-state index contributed by atoms with van der Waals surface area (Å²) in [5.74, 6) is 7.52. The molecule has 0 N–H and O–H groups in total. The number of unbranched alkanes of at least 4 members (excludes halogenated alkanes) is 8. The van der Waals surface area contributed by atoms with Crippen molar-refractivity contribution >= 4 is 23.2 Å². The molecule has 3 nitrogen and oxygen atoms in total. The summed E-state index contributed by atoms with van der Waals surface area (Å²) >= 11 is 12.6. The molecule has 0 aliphatic carbocycles. The van der Waals surface area contributed by atoms with E-state index >= 15 is 0 Å². The molecule has 14 unspecified atom stereocenters. The smallest absolute Gasteiger partial charge is 0.160 e. The largest absolute Gasteiger partial charge is 0.353 e. The van der Waals surface area contributed by atoms with Crippen molar-refractivity contribution in [3.05, 3.63) is 0 Å². The summed E-state index contributed by atoms with van der Waals surface area (Å²) in [6.07, 6.45) is 31.7. The quantitative estimate of drug-likeness (QED) is 0.0346. The SMILES string of the molecule is CCCCCCCOC(CCCC(C)CC(C)CC(C)CC(C)CC(C)CC(C)Cl)OC(CCCC(C)CC(C)CC(C)CC(C)CC(C)CC(C)Cl)OCCCCCCC. The van der Waals surface area contributed by atoms with Crippen LogP contribution in [0.4, 0.5) is 0 Å². The Kier molecular flexibility index (Phi) is 39.9. The zero-order chi connectivity index (χ0) is 46.0.